The van der Waals surface area contributed by atoms with Gasteiger partial charge in [0.25, 0.3) is 5.69 Å². The standard InChI is InChI=1S/C15H20N4O2S/c1-11-5-2-3-8-14(11)17-15(22)18-16-10-12-6-4-7-13(9-12)19(20)21/h4,6-7,9-11,14H,2-3,5,8H2,1H3,(H2,17,18,22)/b16-10-/t11-,14-/m0/s1. The second-order valence-corrected chi connectivity index (χ2v) is 5.97. The van der Waals surface area contributed by atoms with Gasteiger partial charge in [-0.1, -0.05) is 31.9 Å². The topological polar surface area (TPSA) is 79.6 Å². The highest BCUT2D eigenvalue weighted by Crippen LogP contribution is 2.23. The first-order chi connectivity index (χ1) is 10.6. The van der Waals surface area contributed by atoms with Crippen LogP contribution in [0.1, 0.15) is 38.2 Å². The van der Waals surface area contributed by atoms with Gasteiger partial charge in [0.15, 0.2) is 5.11 Å². The van der Waals surface area contributed by atoms with Crippen LogP contribution in [0.25, 0.3) is 0 Å². The number of nitro benzene ring substituents is 1. The molecule has 1 aliphatic carbocycles. The van der Waals surface area contributed by atoms with Gasteiger partial charge in [0.2, 0.25) is 0 Å². The van der Waals surface area contributed by atoms with Crippen molar-refractivity contribution in [3.8, 4) is 0 Å². The average molecular weight is 320 g/mol. The van der Waals surface area contributed by atoms with Crippen LogP contribution in [0.3, 0.4) is 0 Å². The maximum Gasteiger partial charge on any atom is 0.270 e. The van der Waals surface area contributed by atoms with Crippen LogP contribution in [0, 0.1) is 16.0 Å². The minimum Gasteiger partial charge on any atom is -0.358 e. The highest BCUT2D eigenvalue weighted by Gasteiger charge is 2.21. The molecule has 6 nitrogen and oxygen atoms in total. The Kier molecular flexibility index (Phi) is 5.83. The highest BCUT2D eigenvalue weighted by atomic mass is 32.1. The summed E-state index contributed by atoms with van der Waals surface area (Å²) in [6.07, 6.45) is 6.37. The van der Waals surface area contributed by atoms with Gasteiger partial charge in [0, 0.05) is 23.7 Å². The average Bonchev–Trinajstić information content (AvgIpc) is 2.50. The molecule has 1 fully saturated rings. The molecular formula is C15H20N4O2S. The second-order valence-electron chi connectivity index (χ2n) is 5.56. The van der Waals surface area contributed by atoms with E-state index in [9.17, 15) is 10.1 Å². The predicted octanol–water partition coefficient (Wildman–Crippen LogP) is 2.97. The molecule has 2 N–H and O–H groups in total. The van der Waals surface area contributed by atoms with Crippen LogP contribution in [0.15, 0.2) is 29.4 Å². The molecule has 2 atom stereocenters. The molecular weight excluding hydrogens is 300 g/mol. The molecule has 1 saturated carbocycles. The fourth-order valence-corrected chi connectivity index (χ4v) is 2.82. The van der Waals surface area contributed by atoms with Crippen LogP contribution in [0.4, 0.5) is 5.69 Å². The van der Waals surface area contributed by atoms with E-state index in [0.717, 1.165) is 6.42 Å². The minimum atomic E-state index is -0.429. The SMILES string of the molecule is C[C@H]1CCCC[C@@H]1NC(=S)N/N=C\c1cccc([N+](=O)[O-])c1. The van der Waals surface area contributed by atoms with Crippen molar-refractivity contribution >= 4 is 29.2 Å². The lowest BCUT2D eigenvalue weighted by Crippen LogP contribution is -2.44. The molecule has 1 aromatic rings. The molecule has 0 unspecified atom stereocenters. The number of thiocarbonyl (C=S) groups is 1. The molecule has 0 aromatic heterocycles. The molecule has 1 aliphatic rings. The Bertz CT molecular complexity index is 576. The van der Waals surface area contributed by atoms with Gasteiger partial charge in [-0.15, -0.1) is 0 Å². The van der Waals surface area contributed by atoms with E-state index in [1.807, 2.05) is 0 Å². The fourth-order valence-electron chi connectivity index (χ4n) is 2.62. The molecule has 0 saturated heterocycles. The van der Waals surface area contributed by atoms with E-state index in [1.54, 1.807) is 12.1 Å². The molecule has 7 heteroatoms. The third kappa shape index (κ3) is 4.77. The quantitative estimate of drug-likeness (QED) is 0.386. The van der Waals surface area contributed by atoms with E-state index in [2.05, 4.69) is 22.8 Å². The third-order valence-electron chi connectivity index (χ3n) is 3.89. The summed E-state index contributed by atoms with van der Waals surface area (Å²) in [7, 11) is 0. The van der Waals surface area contributed by atoms with E-state index in [4.69, 9.17) is 12.2 Å². The summed E-state index contributed by atoms with van der Waals surface area (Å²) in [6, 6.07) is 6.67. The molecule has 2 rings (SSSR count). The lowest BCUT2D eigenvalue weighted by atomic mass is 9.86. The number of hydrogen-bond acceptors (Lipinski definition) is 4. The van der Waals surface area contributed by atoms with Gasteiger partial charge < -0.3 is 5.32 Å². The Hall–Kier alpha value is -2.02. The predicted molar refractivity (Wildman–Crippen MR) is 91.0 cm³/mol. The number of hydrazone groups is 1. The summed E-state index contributed by atoms with van der Waals surface area (Å²) in [4.78, 5) is 10.3. The van der Waals surface area contributed by atoms with Crippen LogP contribution >= 0.6 is 12.2 Å². The lowest BCUT2D eigenvalue weighted by Gasteiger charge is -2.30. The molecule has 0 spiro atoms. The van der Waals surface area contributed by atoms with E-state index in [0.29, 0.717) is 22.6 Å². The largest absolute Gasteiger partial charge is 0.358 e. The maximum atomic E-state index is 10.7. The van der Waals surface area contributed by atoms with Gasteiger partial charge in [-0.2, -0.15) is 5.10 Å². The molecule has 0 heterocycles. The zero-order chi connectivity index (χ0) is 15.9. The van der Waals surface area contributed by atoms with Crippen molar-refractivity contribution in [2.75, 3.05) is 0 Å². The molecule has 0 amide bonds. The van der Waals surface area contributed by atoms with Gasteiger partial charge >= 0.3 is 0 Å². The normalized spacial score (nSPS) is 21.5. The molecule has 118 valence electrons. The van der Waals surface area contributed by atoms with Crippen molar-refractivity contribution in [2.45, 2.75) is 38.6 Å². The number of nitro groups is 1. The summed E-state index contributed by atoms with van der Waals surface area (Å²) in [5.74, 6) is 0.606. The van der Waals surface area contributed by atoms with Gasteiger partial charge in [-0.25, -0.2) is 0 Å². The van der Waals surface area contributed by atoms with Crippen LogP contribution < -0.4 is 10.7 Å². The Morgan fingerprint density at radius 1 is 1.45 bits per heavy atom. The van der Waals surface area contributed by atoms with E-state index < -0.39 is 4.92 Å². The maximum absolute atomic E-state index is 10.7. The molecule has 0 radical (unpaired) electrons. The van der Waals surface area contributed by atoms with Gasteiger partial charge in [0.05, 0.1) is 11.1 Å². The molecule has 0 aliphatic heterocycles. The molecule has 22 heavy (non-hydrogen) atoms. The minimum absolute atomic E-state index is 0.0423. The lowest BCUT2D eigenvalue weighted by molar-refractivity contribution is -0.384. The summed E-state index contributed by atoms with van der Waals surface area (Å²) in [5.41, 5.74) is 3.46. The second kappa shape index (κ2) is 7.84. The van der Waals surface area contributed by atoms with Crippen LogP contribution in [-0.2, 0) is 0 Å². The number of benzene rings is 1. The smallest absolute Gasteiger partial charge is 0.270 e. The molecule has 1 aromatic carbocycles. The number of nitrogens with zero attached hydrogens (tertiary/aromatic N) is 2. The van der Waals surface area contributed by atoms with Crippen molar-refractivity contribution in [1.29, 1.82) is 0 Å². The van der Waals surface area contributed by atoms with Crippen molar-refractivity contribution in [1.82, 2.24) is 10.7 Å². The zero-order valence-electron chi connectivity index (χ0n) is 12.5. The Balaban J connectivity index is 1.85. The van der Waals surface area contributed by atoms with Crippen LogP contribution in [-0.4, -0.2) is 22.3 Å². The van der Waals surface area contributed by atoms with Crippen molar-refractivity contribution in [2.24, 2.45) is 11.0 Å². The third-order valence-corrected chi connectivity index (χ3v) is 4.10. The summed E-state index contributed by atoms with van der Waals surface area (Å²) in [5, 5.41) is 18.5. The summed E-state index contributed by atoms with van der Waals surface area (Å²) < 4.78 is 0. The Morgan fingerprint density at radius 2 is 2.23 bits per heavy atom. The monoisotopic (exact) mass is 320 g/mol. The fraction of sp³-hybridized carbons (Fsp3) is 0.467. The summed E-state index contributed by atoms with van der Waals surface area (Å²) >= 11 is 5.23. The first kappa shape index (κ1) is 16.4. The first-order valence-electron chi connectivity index (χ1n) is 7.40. The summed E-state index contributed by atoms with van der Waals surface area (Å²) in [6.45, 7) is 2.23. The first-order valence-corrected chi connectivity index (χ1v) is 7.81. The van der Waals surface area contributed by atoms with Gasteiger partial charge in [-0.3, -0.25) is 15.5 Å². The Morgan fingerprint density at radius 3 is 2.95 bits per heavy atom. The van der Waals surface area contributed by atoms with Crippen molar-refractivity contribution in [3.05, 3.63) is 39.9 Å². The number of non-ortho nitro benzene ring substituents is 1. The van der Waals surface area contributed by atoms with Crippen LogP contribution in [0.5, 0.6) is 0 Å². The highest BCUT2D eigenvalue weighted by molar-refractivity contribution is 7.80. The van der Waals surface area contributed by atoms with E-state index >= 15 is 0 Å². The van der Waals surface area contributed by atoms with Crippen molar-refractivity contribution in [3.63, 3.8) is 0 Å². The Labute approximate surface area is 135 Å². The van der Waals surface area contributed by atoms with Gasteiger partial charge in [-0.05, 0) is 31.0 Å². The van der Waals surface area contributed by atoms with E-state index in [1.165, 1.54) is 37.6 Å². The van der Waals surface area contributed by atoms with Gasteiger partial charge in [0.1, 0.15) is 0 Å². The molecule has 0 bridgehead atoms. The number of nitrogens with one attached hydrogen (secondary N) is 2. The van der Waals surface area contributed by atoms with E-state index in [-0.39, 0.29) is 5.69 Å². The number of rotatable bonds is 4. The van der Waals surface area contributed by atoms with Crippen molar-refractivity contribution < 1.29 is 4.92 Å². The van der Waals surface area contributed by atoms with Crippen LogP contribution in [0.2, 0.25) is 0 Å². The zero-order valence-corrected chi connectivity index (χ0v) is 13.3. The number of hydrogen-bond donors (Lipinski definition) is 2.